The predicted molar refractivity (Wildman–Crippen MR) is 80.6 cm³/mol. The molecule has 0 radical (unpaired) electrons. The Balaban J connectivity index is 0.00000289. The molecule has 1 aromatic carbocycles. The Kier molecular flexibility index (Phi) is 6.90. The summed E-state index contributed by atoms with van der Waals surface area (Å²) in [6, 6.07) is 0.0418. The van der Waals surface area contributed by atoms with Gasteiger partial charge in [-0.2, -0.15) is 0 Å². The summed E-state index contributed by atoms with van der Waals surface area (Å²) in [5, 5.41) is 8.90. The first-order chi connectivity index (χ1) is 7.91. The van der Waals surface area contributed by atoms with Crippen molar-refractivity contribution in [1.29, 1.82) is 0 Å². The number of hydrogen-bond acceptors (Lipinski definition) is 2. The van der Waals surface area contributed by atoms with Gasteiger partial charge < -0.3 is 10.8 Å². The molecule has 3 heteroatoms. The lowest BCUT2D eigenvalue weighted by molar-refractivity contribution is 0.280. The third-order valence-electron chi connectivity index (χ3n) is 4.10. The minimum atomic E-state index is 0. The summed E-state index contributed by atoms with van der Waals surface area (Å²) in [5.41, 5.74) is 14.2. The van der Waals surface area contributed by atoms with Crippen LogP contribution in [0.25, 0.3) is 0 Å². The summed E-state index contributed by atoms with van der Waals surface area (Å²) in [7, 11) is 0. The van der Waals surface area contributed by atoms with Gasteiger partial charge in [0.2, 0.25) is 0 Å². The molecule has 1 aromatic rings. The maximum atomic E-state index is 8.90. The normalized spacial score (nSPS) is 12.2. The van der Waals surface area contributed by atoms with Gasteiger partial charge in [-0.3, -0.25) is 0 Å². The Labute approximate surface area is 117 Å². The first-order valence-corrected chi connectivity index (χ1v) is 6.35. The van der Waals surface area contributed by atoms with Crippen molar-refractivity contribution in [3.05, 3.63) is 33.4 Å². The smallest absolute Gasteiger partial charge is 0.0431 e. The summed E-state index contributed by atoms with van der Waals surface area (Å²) in [6.45, 7) is 11.0. The number of benzene rings is 1. The molecule has 104 valence electrons. The number of hydrogen-bond donors (Lipinski definition) is 2. The molecule has 18 heavy (non-hydrogen) atoms. The van der Waals surface area contributed by atoms with E-state index in [0.717, 1.165) is 12.8 Å². The van der Waals surface area contributed by atoms with Gasteiger partial charge in [-0.1, -0.05) is 0 Å². The van der Waals surface area contributed by atoms with Crippen molar-refractivity contribution >= 4 is 12.4 Å². The molecule has 3 N–H and O–H groups in total. The number of aliphatic hydroxyl groups excluding tert-OH is 1. The van der Waals surface area contributed by atoms with E-state index in [2.05, 4.69) is 34.6 Å². The minimum absolute atomic E-state index is 0. The Morgan fingerprint density at radius 2 is 1.28 bits per heavy atom. The van der Waals surface area contributed by atoms with Crippen LogP contribution in [-0.4, -0.2) is 11.7 Å². The van der Waals surface area contributed by atoms with Gasteiger partial charge in [0, 0.05) is 12.6 Å². The molecule has 0 bridgehead atoms. The fraction of sp³-hybridized carbons (Fsp3) is 0.600. The van der Waals surface area contributed by atoms with Crippen LogP contribution in [0.3, 0.4) is 0 Å². The van der Waals surface area contributed by atoms with Crippen LogP contribution in [0.1, 0.15) is 52.3 Å². The lowest BCUT2D eigenvalue weighted by Gasteiger charge is -2.23. The number of aliphatic hydroxyl groups is 1. The van der Waals surface area contributed by atoms with Crippen molar-refractivity contribution in [3.8, 4) is 0 Å². The fourth-order valence-electron chi connectivity index (χ4n) is 2.54. The van der Waals surface area contributed by atoms with E-state index < -0.39 is 0 Å². The topological polar surface area (TPSA) is 46.2 Å². The van der Waals surface area contributed by atoms with Gasteiger partial charge in [0.05, 0.1) is 0 Å². The molecule has 0 aliphatic rings. The molecule has 0 aromatic heterocycles. The van der Waals surface area contributed by atoms with Crippen molar-refractivity contribution in [2.45, 2.75) is 53.5 Å². The molecule has 0 unspecified atom stereocenters. The van der Waals surface area contributed by atoms with E-state index in [-0.39, 0.29) is 25.1 Å². The number of nitrogens with two attached hydrogens (primary N) is 1. The van der Waals surface area contributed by atoms with Crippen LogP contribution in [0.4, 0.5) is 0 Å². The maximum Gasteiger partial charge on any atom is 0.0431 e. The summed E-state index contributed by atoms with van der Waals surface area (Å²) < 4.78 is 0. The molecule has 0 fully saturated rings. The monoisotopic (exact) mass is 271 g/mol. The van der Waals surface area contributed by atoms with Crippen LogP contribution >= 0.6 is 12.4 Å². The molecule has 0 saturated heterocycles. The Morgan fingerprint density at radius 1 is 0.889 bits per heavy atom. The van der Waals surface area contributed by atoms with Gasteiger partial charge >= 0.3 is 0 Å². The highest BCUT2D eigenvalue weighted by molar-refractivity contribution is 5.85. The predicted octanol–water partition coefficient (Wildman–Crippen LogP) is 3.42. The summed E-state index contributed by atoms with van der Waals surface area (Å²) in [6.07, 6.45) is 1.62. The van der Waals surface area contributed by atoms with Gasteiger partial charge in [-0.15, -0.1) is 12.4 Å². The molecule has 2 nitrogen and oxygen atoms in total. The van der Waals surface area contributed by atoms with E-state index in [1.165, 1.54) is 33.4 Å². The van der Waals surface area contributed by atoms with Crippen LogP contribution in [0.15, 0.2) is 0 Å². The quantitative estimate of drug-likeness (QED) is 0.881. The first-order valence-electron chi connectivity index (χ1n) is 6.35. The molecule has 1 rings (SSSR count). The van der Waals surface area contributed by atoms with Crippen molar-refractivity contribution in [1.82, 2.24) is 0 Å². The highest BCUT2D eigenvalue weighted by atomic mass is 35.5. The summed E-state index contributed by atoms with van der Waals surface area (Å²) in [5.74, 6) is 0. The van der Waals surface area contributed by atoms with Gasteiger partial charge in [-0.25, -0.2) is 0 Å². The highest BCUT2D eigenvalue weighted by Crippen LogP contribution is 2.31. The van der Waals surface area contributed by atoms with E-state index in [1.807, 2.05) is 0 Å². The molecule has 0 aliphatic heterocycles. The summed E-state index contributed by atoms with van der Waals surface area (Å²) in [4.78, 5) is 0. The Morgan fingerprint density at radius 3 is 1.67 bits per heavy atom. The van der Waals surface area contributed by atoms with Crippen LogP contribution in [0, 0.1) is 34.6 Å². The Bertz CT molecular complexity index is 386. The number of halogens is 1. The van der Waals surface area contributed by atoms with Gasteiger partial charge in [0.1, 0.15) is 0 Å². The van der Waals surface area contributed by atoms with E-state index in [1.54, 1.807) is 0 Å². The highest BCUT2D eigenvalue weighted by Gasteiger charge is 2.17. The lowest BCUT2D eigenvalue weighted by Crippen LogP contribution is -2.16. The van der Waals surface area contributed by atoms with E-state index in [0.29, 0.717) is 0 Å². The summed E-state index contributed by atoms with van der Waals surface area (Å²) >= 11 is 0. The van der Waals surface area contributed by atoms with Crippen molar-refractivity contribution in [3.63, 3.8) is 0 Å². The van der Waals surface area contributed by atoms with Crippen LogP contribution < -0.4 is 5.73 Å². The molecule has 0 heterocycles. The molecule has 1 atom stereocenters. The first kappa shape index (κ1) is 17.4. The van der Waals surface area contributed by atoms with Gasteiger partial charge in [0.15, 0.2) is 0 Å². The molecule has 0 aliphatic carbocycles. The van der Waals surface area contributed by atoms with E-state index in [4.69, 9.17) is 10.8 Å². The molecular formula is C15H26ClNO. The maximum absolute atomic E-state index is 8.90. The SMILES string of the molecule is Cc1c(C)c(C)c([C@@H](N)CCCO)c(C)c1C.Cl. The van der Waals surface area contributed by atoms with E-state index >= 15 is 0 Å². The second kappa shape index (κ2) is 7.13. The third-order valence-corrected chi connectivity index (χ3v) is 4.10. The standard InChI is InChI=1S/C15H25NO.ClH/c1-9-10(2)12(4)15(13(5)11(9)3)14(16)7-6-8-17;/h14,17H,6-8,16H2,1-5H3;1H/t14-;/m0./s1. The average molecular weight is 272 g/mol. The fourth-order valence-corrected chi connectivity index (χ4v) is 2.54. The van der Waals surface area contributed by atoms with Crippen LogP contribution in [0.5, 0.6) is 0 Å². The molecule has 0 amide bonds. The second-order valence-corrected chi connectivity index (χ2v) is 5.01. The minimum Gasteiger partial charge on any atom is -0.396 e. The molecule has 0 spiro atoms. The van der Waals surface area contributed by atoms with Gasteiger partial charge in [0.25, 0.3) is 0 Å². The van der Waals surface area contributed by atoms with Crippen LogP contribution in [-0.2, 0) is 0 Å². The number of rotatable bonds is 4. The average Bonchev–Trinajstić information content (AvgIpc) is 2.31. The van der Waals surface area contributed by atoms with Crippen molar-refractivity contribution in [2.75, 3.05) is 6.61 Å². The van der Waals surface area contributed by atoms with Crippen molar-refractivity contribution in [2.24, 2.45) is 5.73 Å². The largest absolute Gasteiger partial charge is 0.396 e. The van der Waals surface area contributed by atoms with Gasteiger partial charge in [-0.05, 0) is 80.8 Å². The van der Waals surface area contributed by atoms with Crippen LogP contribution in [0.2, 0.25) is 0 Å². The molecular weight excluding hydrogens is 246 g/mol. The third kappa shape index (κ3) is 3.25. The zero-order chi connectivity index (χ0) is 13.2. The molecule has 0 saturated carbocycles. The Hall–Kier alpha value is -0.570. The van der Waals surface area contributed by atoms with Crippen molar-refractivity contribution < 1.29 is 5.11 Å². The zero-order valence-corrected chi connectivity index (χ0v) is 12.9. The second-order valence-electron chi connectivity index (χ2n) is 5.01. The zero-order valence-electron chi connectivity index (χ0n) is 12.1. The van der Waals surface area contributed by atoms with E-state index in [9.17, 15) is 0 Å². The lowest BCUT2D eigenvalue weighted by atomic mass is 9.85.